The van der Waals surface area contributed by atoms with Gasteiger partial charge in [0.1, 0.15) is 0 Å². The van der Waals surface area contributed by atoms with Gasteiger partial charge in [0.25, 0.3) is 0 Å². The van der Waals surface area contributed by atoms with Crippen LogP contribution in [0, 0.1) is 5.92 Å². The molecule has 1 aromatic carbocycles. The number of nitrogens with one attached hydrogen (secondary N) is 1. The molecular weight excluding hydrogens is 402 g/mol. The van der Waals surface area contributed by atoms with Gasteiger partial charge in [-0.1, -0.05) is 37.5 Å². The Bertz CT molecular complexity index is 807. The molecule has 0 bridgehead atoms. The minimum absolute atomic E-state index is 0.113. The van der Waals surface area contributed by atoms with Crippen molar-refractivity contribution in [3.63, 3.8) is 0 Å². The quantitative estimate of drug-likeness (QED) is 0.787. The number of amides is 2. The van der Waals surface area contributed by atoms with Gasteiger partial charge >= 0.3 is 0 Å². The molecule has 0 unspecified atom stereocenters. The molecule has 8 heteroatoms. The summed E-state index contributed by atoms with van der Waals surface area (Å²) in [6.07, 6.45) is 7.09. The van der Waals surface area contributed by atoms with Crippen molar-refractivity contribution < 1.29 is 18.0 Å². The van der Waals surface area contributed by atoms with Crippen molar-refractivity contribution in [2.45, 2.75) is 56.3 Å². The first-order valence-corrected chi connectivity index (χ1v) is 12.5. The number of carbonyl (C=O) groups excluding carboxylic acids is 2. The van der Waals surface area contributed by atoms with Crippen LogP contribution in [0.4, 0.5) is 0 Å². The number of hydrogen-bond donors (Lipinski definition) is 1. The van der Waals surface area contributed by atoms with E-state index in [1.807, 2.05) is 0 Å². The highest BCUT2D eigenvalue weighted by molar-refractivity contribution is 7.89. The molecule has 0 aromatic heterocycles. The van der Waals surface area contributed by atoms with Crippen molar-refractivity contribution in [1.82, 2.24) is 14.5 Å². The second-order valence-corrected chi connectivity index (χ2v) is 10.2. The highest BCUT2D eigenvalue weighted by atomic mass is 32.2. The van der Waals surface area contributed by atoms with E-state index < -0.39 is 10.0 Å². The Labute approximate surface area is 179 Å². The van der Waals surface area contributed by atoms with Gasteiger partial charge in [-0.15, -0.1) is 0 Å². The molecule has 1 aromatic rings. The van der Waals surface area contributed by atoms with Crippen molar-refractivity contribution >= 4 is 21.8 Å². The highest BCUT2D eigenvalue weighted by Crippen LogP contribution is 2.27. The van der Waals surface area contributed by atoms with E-state index in [1.54, 1.807) is 35.2 Å². The first-order valence-electron chi connectivity index (χ1n) is 11.1. The maximum atomic E-state index is 13.0. The molecule has 166 valence electrons. The summed E-state index contributed by atoms with van der Waals surface area (Å²) in [7, 11) is -3.68. The lowest BCUT2D eigenvalue weighted by atomic mass is 9.86. The zero-order chi connectivity index (χ0) is 21.4. The topological polar surface area (TPSA) is 86.8 Å². The maximum Gasteiger partial charge on any atom is 0.243 e. The van der Waals surface area contributed by atoms with Crippen molar-refractivity contribution in [3.05, 3.63) is 30.3 Å². The molecule has 0 atom stereocenters. The van der Waals surface area contributed by atoms with Crippen LogP contribution in [-0.2, 0) is 19.6 Å². The summed E-state index contributed by atoms with van der Waals surface area (Å²) in [5.74, 6) is 0.381. The summed E-state index contributed by atoms with van der Waals surface area (Å²) < 4.78 is 27.4. The number of rotatable bonds is 4. The van der Waals surface area contributed by atoms with Crippen molar-refractivity contribution in [2.75, 3.05) is 32.7 Å². The fourth-order valence-electron chi connectivity index (χ4n) is 4.31. The standard InChI is InChI=1S/C22H33N3O4S/c26-21-12-16-25(30(28,29)20-10-5-2-6-11-20)15-7-14-24(17-13-23-21)22(27)18-19-8-3-1-4-9-19/h2,5-6,10-11,19H,1,3-4,7-9,12-18H2,(H,23,26). The number of sulfonamides is 1. The van der Waals surface area contributed by atoms with Gasteiger partial charge in [-0.2, -0.15) is 4.31 Å². The number of hydrogen-bond acceptors (Lipinski definition) is 4. The van der Waals surface area contributed by atoms with E-state index in [0.717, 1.165) is 12.8 Å². The summed E-state index contributed by atoms with van der Waals surface area (Å²) in [5, 5.41) is 2.83. The predicted molar refractivity (Wildman–Crippen MR) is 115 cm³/mol. The Morgan fingerprint density at radius 3 is 2.43 bits per heavy atom. The molecule has 2 amide bonds. The molecule has 2 aliphatic rings. The Hall–Kier alpha value is -1.93. The summed E-state index contributed by atoms with van der Waals surface area (Å²) in [6, 6.07) is 8.30. The van der Waals surface area contributed by atoms with Crippen LogP contribution in [0.5, 0.6) is 0 Å². The summed E-state index contributed by atoms with van der Waals surface area (Å²) in [5.41, 5.74) is 0. The monoisotopic (exact) mass is 435 g/mol. The third-order valence-corrected chi connectivity index (χ3v) is 7.96. The fourth-order valence-corrected chi connectivity index (χ4v) is 5.81. The molecular formula is C22H33N3O4S. The molecule has 1 aliphatic carbocycles. The van der Waals surface area contributed by atoms with Gasteiger partial charge in [-0.05, 0) is 37.3 Å². The highest BCUT2D eigenvalue weighted by Gasteiger charge is 2.26. The SMILES string of the molecule is O=C1CCN(S(=O)(=O)c2ccccc2)CCCN(C(=O)CC2CCCCC2)CCN1. The van der Waals surface area contributed by atoms with E-state index in [-0.39, 0.29) is 36.2 Å². The van der Waals surface area contributed by atoms with Crippen molar-refractivity contribution in [2.24, 2.45) is 5.92 Å². The van der Waals surface area contributed by atoms with Gasteiger partial charge in [0.05, 0.1) is 4.90 Å². The van der Waals surface area contributed by atoms with Crippen LogP contribution in [0.3, 0.4) is 0 Å². The average molecular weight is 436 g/mol. The largest absolute Gasteiger partial charge is 0.354 e. The van der Waals surface area contributed by atoms with E-state index in [4.69, 9.17) is 0 Å². The lowest BCUT2D eigenvalue weighted by Crippen LogP contribution is -2.40. The number of benzene rings is 1. The van der Waals surface area contributed by atoms with E-state index >= 15 is 0 Å². The van der Waals surface area contributed by atoms with Gasteiger partial charge in [-0.25, -0.2) is 8.42 Å². The zero-order valence-corrected chi connectivity index (χ0v) is 18.4. The Kier molecular flexibility index (Phi) is 8.27. The molecule has 30 heavy (non-hydrogen) atoms. The number of carbonyl (C=O) groups is 2. The summed E-state index contributed by atoms with van der Waals surface area (Å²) in [6.45, 7) is 1.81. The molecule has 1 saturated carbocycles. The van der Waals surface area contributed by atoms with Gasteiger partial charge in [0, 0.05) is 45.6 Å². The molecule has 2 fully saturated rings. The first-order chi connectivity index (χ1) is 14.5. The zero-order valence-electron chi connectivity index (χ0n) is 17.6. The maximum absolute atomic E-state index is 13.0. The molecule has 1 N–H and O–H groups in total. The lowest BCUT2D eigenvalue weighted by Gasteiger charge is -2.27. The van der Waals surface area contributed by atoms with Crippen LogP contribution in [0.1, 0.15) is 51.4 Å². The molecule has 0 radical (unpaired) electrons. The third kappa shape index (κ3) is 6.28. The molecule has 1 saturated heterocycles. The second kappa shape index (κ2) is 10.9. The van der Waals surface area contributed by atoms with Gasteiger partial charge in [0.15, 0.2) is 0 Å². The smallest absolute Gasteiger partial charge is 0.243 e. The summed E-state index contributed by atoms with van der Waals surface area (Å²) >= 11 is 0. The van der Waals surface area contributed by atoms with Gasteiger partial charge < -0.3 is 10.2 Å². The third-order valence-electron chi connectivity index (χ3n) is 6.05. The van der Waals surface area contributed by atoms with Gasteiger partial charge in [-0.3, -0.25) is 9.59 Å². The lowest BCUT2D eigenvalue weighted by molar-refractivity contribution is -0.133. The van der Waals surface area contributed by atoms with E-state index in [2.05, 4.69) is 5.32 Å². The van der Waals surface area contributed by atoms with Crippen LogP contribution in [0.25, 0.3) is 0 Å². The van der Waals surface area contributed by atoms with Crippen LogP contribution < -0.4 is 5.32 Å². The van der Waals surface area contributed by atoms with Crippen LogP contribution >= 0.6 is 0 Å². The van der Waals surface area contributed by atoms with Crippen molar-refractivity contribution in [3.8, 4) is 0 Å². The molecule has 3 rings (SSSR count). The first kappa shape index (κ1) is 22.7. The van der Waals surface area contributed by atoms with E-state index in [1.165, 1.54) is 23.6 Å². The Morgan fingerprint density at radius 1 is 0.967 bits per heavy atom. The fraction of sp³-hybridized carbons (Fsp3) is 0.636. The molecule has 7 nitrogen and oxygen atoms in total. The second-order valence-electron chi connectivity index (χ2n) is 8.26. The normalized spacial score (nSPS) is 20.9. The average Bonchev–Trinajstić information content (AvgIpc) is 2.79. The van der Waals surface area contributed by atoms with Crippen LogP contribution in [0.15, 0.2) is 35.2 Å². The van der Waals surface area contributed by atoms with E-state index in [9.17, 15) is 18.0 Å². The van der Waals surface area contributed by atoms with Crippen LogP contribution in [0.2, 0.25) is 0 Å². The minimum Gasteiger partial charge on any atom is -0.354 e. The summed E-state index contributed by atoms with van der Waals surface area (Å²) in [4.78, 5) is 27.1. The Balaban J connectivity index is 1.67. The van der Waals surface area contributed by atoms with Crippen LogP contribution in [-0.4, -0.2) is 62.2 Å². The van der Waals surface area contributed by atoms with Crippen molar-refractivity contribution in [1.29, 1.82) is 0 Å². The molecule has 1 heterocycles. The molecule has 0 spiro atoms. The number of nitrogens with zero attached hydrogens (tertiary/aromatic N) is 2. The minimum atomic E-state index is -3.68. The van der Waals surface area contributed by atoms with Gasteiger partial charge in [0.2, 0.25) is 21.8 Å². The molecule has 1 aliphatic heterocycles. The Morgan fingerprint density at radius 2 is 1.70 bits per heavy atom. The predicted octanol–water partition coefficient (Wildman–Crippen LogP) is 2.39. The van der Waals surface area contributed by atoms with E-state index in [0.29, 0.717) is 38.4 Å².